The van der Waals surface area contributed by atoms with Crippen molar-refractivity contribution in [3.8, 4) is 5.75 Å². The molecule has 3 heteroatoms. The molecule has 0 spiro atoms. The molecular formula is C24H33NO2. The summed E-state index contributed by atoms with van der Waals surface area (Å²) < 4.78 is 5.80. The van der Waals surface area contributed by atoms with Crippen molar-refractivity contribution in [3.05, 3.63) is 65.7 Å². The number of unbranched alkanes of at least 4 members (excludes halogenated alkanes) is 6. The summed E-state index contributed by atoms with van der Waals surface area (Å²) in [4.78, 5) is 14.6. The average Bonchev–Trinajstić information content (AvgIpc) is 2.70. The third-order valence-corrected chi connectivity index (χ3v) is 4.67. The van der Waals surface area contributed by atoms with Crippen LogP contribution in [0.5, 0.6) is 5.75 Å². The minimum absolute atomic E-state index is 0.0488. The predicted octanol–water partition coefficient (Wildman–Crippen LogP) is 5.59. The van der Waals surface area contributed by atoms with Crippen LogP contribution < -0.4 is 4.74 Å². The minimum atomic E-state index is 0.0488. The lowest BCUT2D eigenvalue weighted by Gasteiger charge is -2.09. The fraction of sp³-hybridized carbons (Fsp3) is 0.458. The summed E-state index contributed by atoms with van der Waals surface area (Å²) in [5.74, 6) is 0.885. The number of carbonyl (C=O) groups excluding carboxylic acids is 1. The maximum absolute atomic E-state index is 12.4. The van der Waals surface area contributed by atoms with E-state index in [0.29, 0.717) is 11.1 Å². The SMILES string of the molecule is CN(C)CCCCCCCCCOc1ccc(C(=O)c2ccccc2)cc1. The van der Waals surface area contributed by atoms with Crippen LogP contribution in [0.3, 0.4) is 0 Å². The molecule has 0 unspecified atom stereocenters. The third-order valence-electron chi connectivity index (χ3n) is 4.67. The van der Waals surface area contributed by atoms with Gasteiger partial charge >= 0.3 is 0 Å². The van der Waals surface area contributed by atoms with E-state index in [4.69, 9.17) is 4.74 Å². The second-order valence-electron chi connectivity index (χ2n) is 7.35. The number of hydrogen-bond donors (Lipinski definition) is 0. The van der Waals surface area contributed by atoms with E-state index in [1.54, 1.807) is 0 Å². The van der Waals surface area contributed by atoms with Gasteiger partial charge in [0, 0.05) is 11.1 Å². The van der Waals surface area contributed by atoms with Crippen molar-refractivity contribution in [1.82, 2.24) is 4.90 Å². The zero-order valence-corrected chi connectivity index (χ0v) is 16.8. The molecule has 0 heterocycles. The molecule has 2 rings (SSSR count). The summed E-state index contributed by atoms with van der Waals surface area (Å²) in [7, 11) is 4.27. The monoisotopic (exact) mass is 367 g/mol. The van der Waals surface area contributed by atoms with Gasteiger partial charge in [-0.3, -0.25) is 4.79 Å². The molecule has 0 saturated carbocycles. The Hall–Kier alpha value is -2.13. The van der Waals surface area contributed by atoms with Crippen LogP contribution in [-0.2, 0) is 0 Å². The van der Waals surface area contributed by atoms with Crippen LogP contribution in [0, 0.1) is 0 Å². The van der Waals surface area contributed by atoms with Gasteiger partial charge in [-0.25, -0.2) is 0 Å². The molecule has 2 aromatic carbocycles. The first kappa shape index (κ1) is 21.2. The molecule has 0 N–H and O–H groups in total. The van der Waals surface area contributed by atoms with E-state index < -0.39 is 0 Å². The maximum Gasteiger partial charge on any atom is 0.193 e. The van der Waals surface area contributed by atoms with Crippen molar-refractivity contribution in [2.24, 2.45) is 0 Å². The molecule has 0 fully saturated rings. The summed E-state index contributed by atoms with van der Waals surface area (Å²) in [5.41, 5.74) is 1.41. The van der Waals surface area contributed by atoms with E-state index in [2.05, 4.69) is 19.0 Å². The fourth-order valence-electron chi connectivity index (χ4n) is 3.06. The van der Waals surface area contributed by atoms with Crippen LogP contribution in [-0.4, -0.2) is 37.9 Å². The topological polar surface area (TPSA) is 29.5 Å². The van der Waals surface area contributed by atoms with Gasteiger partial charge in [0.25, 0.3) is 0 Å². The van der Waals surface area contributed by atoms with E-state index in [9.17, 15) is 4.79 Å². The molecule has 0 bridgehead atoms. The van der Waals surface area contributed by atoms with E-state index in [-0.39, 0.29) is 5.78 Å². The molecular weight excluding hydrogens is 334 g/mol. The molecule has 0 saturated heterocycles. The number of ether oxygens (including phenoxy) is 1. The highest BCUT2D eigenvalue weighted by Crippen LogP contribution is 2.16. The van der Waals surface area contributed by atoms with Gasteiger partial charge in [-0.15, -0.1) is 0 Å². The standard InChI is InChI=1S/C24H33NO2/c1-25(2)19-11-6-4-3-5-7-12-20-27-23-17-15-22(16-18-23)24(26)21-13-9-8-10-14-21/h8-10,13-18H,3-7,11-12,19-20H2,1-2H3. The zero-order valence-electron chi connectivity index (χ0n) is 16.8. The largest absolute Gasteiger partial charge is 0.494 e. The number of carbonyl (C=O) groups is 1. The van der Waals surface area contributed by atoms with Gasteiger partial charge in [0.05, 0.1) is 6.61 Å². The third kappa shape index (κ3) is 8.40. The quantitative estimate of drug-likeness (QED) is 0.341. The Morgan fingerprint density at radius 2 is 1.30 bits per heavy atom. The van der Waals surface area contributed by atoms with E-state index in [1.165, 1.54) is 45.1 Å². The van der Waals surface area contributed by atoms with Crippen molar-refractivity contribution in [2.45, 2.75) is 44.9 Å². The Balaban J connectivity index is 1.57. The first-order valence-corrected chi connectivity index (χ1v) is 10.1. The summed E-state index contributed by atoms with van der Waals surface area (Å²) >= 11 is 0. The zero-order chi connectivity index (χ0) is 19.3. The summed E-state index contributed by atoms with van der Waals surface area (Å²) in [6, 6.07) is 16.8. The number of ketones is 1. The van der Waals surface area contributed by atoms with E-state index in [0.717, 1.165) is 18.8 Å². The van der Waals surface area contributed by atoms with Gasteiger partial charge in [-0.2, -0.15) is 0 Å². The Bertz CT molecular complexity index is 650. The van der Waals surface area contributed by atoms with Crippen LogP contribution in [0.2, 0.25) is 0 Å². The van der Waals surface area contributed by atoms with Crippen molar-refractivity contribution >= 4 is 5.78 Å². The molecule has 0 aliphatic carbocycles. The molecule has 3 nitrogen and oxygen atoms in total. The molecule has 0 amide bonds. The van der Waals surface area contributed by atoms with Crippen LogP contribution >= 0.6 is 0 Å². The number of hydrogen-bond acceptors (Lipinski definition) is 3. The second-order valence-corrected chi connectivity index (χ2v) is 7.35. The number of rotatable bonds is 13. The van der Waals surface area contributed by atoms with E-state index >= 15 is 0 Å². The van der Waals surface area contributed by atoms with E-state index in [1.807, 2.05) is 54.6 Å². The van der Waals surface area contributed by atoms with Crippen LogP contribution in [0.25, 0.3) is 0 Å². The Morgan fingerprint density at radius 3 is 1.93 bits per heavy atom. The van der Waals surface area contributed by atoms with Crippen LogP contribution in [0.15, 0.2) is 54.6 Å². The van der Waals surface area contributed by atoms with Crippen molar-refractivity contribution in [2.75, 3.05) is 27.2 Å². The molecule has 0 aliphatic heterocycles. The molecule has 0 aliphatic rings. The normalized spacial score (nSPS) is 10.9. The van der Waals surface area contributed by atoms with Crippen molar-refractivity contribution in [3.63, 3.8) is 0 Å². The highest BCUT2D eigenvalue weighted by atomic mass is 16.5. The Morgan fingerprint density at radius 1 is 0.741 bits per heavy atom. The summed E-state index contributed by atoms with van der Waals surface area (Å²) in [5, 5.41) is 0. The lowest BCUT2D eigenvalue weighted by atomic mass is 10.0. The maximum atomic E-state index is 12.4. The number of nitrogens with zero attached hydrogens (tertiary/aromatic N) is 1. The highest BCUT2D eigenvalue weighted by molar-refractivity contribution is 6.08. The summed E-state index contributed by atoms with van der Waals surface area (Å²) in [6.45, 7) is 1.94. The Labute approximate surface area is 164 Å². The lowest BCUT2D eigenvalue weighted by Crippen LogP contribution is -2.12. The molecule has 2 aromatic rings. The van der Waals surface area contributed by atoms with Crippen LogP contribution in [0.1, 0.15) is 60.9 Å². The molecule has 0 radical (unpaired) electrons. The fourth-order valence-corrected chi connectivity index (χ4v) is 3.06. The van der Waals surface area contributed by atoms with Crippen molar-refractivity contribution < 1.29 is 9.53 Å². The van der Waals surface area contributed by atoms with Gasteiger partial charge in [0.2, 0.25) is 0 Å². The second kappa shape index (κ2) is 12.3. The lowest BCUT2D eigenvalue weighted by molar-refractivity contribution is 0.103. The average molecular weight is 368 g/mol. The highest BCUT2D eigenvalue weighted by Gasteiger charge is 2.08. The molecule has 0 aromatic heterocycles. The predicted molar refractivity (Wildman–Crippen MR) is 113 cm³/mol. The van der Waals surface area contributed by atoms with Gasteiger partial charge in [-0.1, -0.05) is 62.4 Å². The first-order valence-electron chi connectivity index (χ1n) is 10.1. The smallest absolute Gasteiger partial charge is 0.193 e. The van der Waals surface area contributed by atoms with Gasteiger partial charge in [0.1, 0.15) is 5.75 Å². The van der Waals surface area contributed by atoms with Crippen LogP contribution in [0.4, 0.5) is 0 Å². The van der Waals surface area contributed by atoms with Gasteiger partial charge in [-0.05, 0) is 57.7 Å². The van der Waals surface area contributed by atoms with Gasteiger partial charge in [0.15, 0.2) is 5.78 Å². The minimum Gasteiger partial charge on any atom is -0.494 e. The molecule has 27 heavy (non-hydrogen) atoms. The molecule has 0 atom stereocenters. The number of benzene rings is 2. The molecule has 146 valence electrons. The summed E-state index contributed by atoms with van der Waals surface area (Å²) in [6.07, 6.45) is 8.90. The first-order chi connectivity index (χ1) is 13.2. The van der Waals surface area contributed by atoms with Crippen molar-refractivity contribution in [1.29, 1.82) is 0 Å². The van der Waals surface area contributed by atoms with Gasteiger partial charge < -0.3 is 9.64 Å². The Kier molecular flexibility index (Phi) is 9.64.